The fourth-order valence-corrected chi connectivity index (χ4v) is 1.26. The number of aliphatic hydroxyl groups excluding tert-OH is 1. The van der Waals surface area contributed by atoms with Gasteiger partial charge in [0.2, 0.25) is 0 Å². The van der Waals surface area contributed by atoms with Crippen LogP contribution in [-0.4, -0.2) is 28.0 Å². The SMILES string of the molecule is CCNc1cc(NN)nnc1CC(C)O. The number of aromatic nitrogens is 2. The summed E-state index contributed by atoms with van der Waals surface area (Å²) < 4.78 is 0. The van der Waals surface area contributed by atoms with E-state index in [1.165, 1.54) is 0 Å². The number of hydrogen-bond donors (Lipinski definition) is 4. The van der Waals surface area contributed by atoms with Crippen LogP contribution in [0.2, 0.25) is 0 Å². The zero-order valence-corrected chi connectivity index (χ0v) is 8.99. The van der Waals surface area contributed by atoms with Gasteiger partial charge in [-0.3, -0.25) is 0 Å². The van der Waals surface area contributed by atoms with Gasteiger partial charge in [-0.2, -0.15) is 5.10 Å². The summed E-state index contributed by atoms with van der Waals surface area (Å²) in [5, 5.41) is 20.3. The van der Waals surface area contributed by atoms with Gasteiger partial charge in [0.05, 0.1) is 17.5 Å². The first kappa shape index (κ1) is 11.7. The summed E-state index contributed by atoms with van der Waals surface area (Å²) in [5.74, 6) is 5.74. The van der Waals surface area contributed by atoms with E-state index in [2.05, 4.69) is 20.9 Å². The van der Waals surface area contributed by atoms with E-state index in [1.807, 2.05) is 6.92 Å². The fourth-order valence-electron chi connectivity index (χ4n) is 1.26. The Bertz CT molecular complexity index is 315. The molecule has 1 rings (SSSR count). The molecular weight excluding hydrogens is 194 g/mol. The lowest BCUT2D eigenvalue weighted by Gasteiger charge is -2.11. The second-order valence-electron chi connectivity index (χ2n) is 3.32. The van der Waals surface area contributed by atoms with Gasteiger partial charge < -0.3 is 15.8 Å². The third-order valence-electron chi connectivity index (χ3n) is 1.87. The van der Waals surface area contributed by atoms with Gasteiger partial charge in [0, 0.05) is 19.0 Å². The van der Waals surface area contributed by atoms with E-state index in [0.717, 1.165) is 17.9 Å². The second-order valence-corrected chi connectivity index (χ2v) is 3.32. The summed E-state index contributed by atoms with van der Waals surface area (Å²) in [6, 6.07) is 1.77. The molecule has 84 valence electrons. The molecule has 6 heteroatoms. The van der Waals surface area contributed by atoms with Crippen molar-refractivity contribution in [2.45, 2.75) is 26.4 Å². The van der Waals surface area contributed by atoms with Crippen LogP contribution < -0.4 is 16.6 Å². The molecule has 0 aliphatic rings. The van der Waals surface area contributed by atoms with E-state index in [9.17, 15) is 5.11 Å². The number of nitrogens with two attached hydrogens (primary N) is 1. The van der Waals surface area contributed by atoms with Crippen molar-refractivity contribution < 1.29 is 5.11 Å². The highest BCUT2D eigenvalue weighted by molar-refractivity contribution is 5.54. The van der Waals surface area contributed by atoms with Gasteiger partial charge in [-0.1, -0.05) is 0 Å². The number of hydrazine groups is 1. The molecular formula is C9H17N5O. The molecule has 1 aromatic rings. The van der Waals surface area contributed by atoms with Crippen molar-refractivity contribution in [1.82, 2.24) is 10.2 Å². The van der Waals surface area contributed by atoms with Crippen molar-refractivity contribution in [3.63, 3.8) is 0 Å². The first-order chi connectivity index (χ1) is 7.17. The van der Waals surface area contributed by atoms with E-state index in [-0.39, 0.29) is 0 Å². The minimum absolute atomic E-state index is 0.437. The Kier molecular flexibility index (Phi) is 4.26. The van der Waals surface area contributed by atoms with Gasteiger partial charge in [0.15, 0.2) is 5.82 Å². The Morgan fingerprint density at radius 1 is 1.53 bits per heavy atom. The first-order valence-electron chi connectivity index (χ1n) is 4.92. The van der Waals surface area contributed by atoms with Crippen LogP contribution in [0, 0.1) is 0 Å². The molecule has 0 radical (unpaired) electrons. The van der Waals surface area contributed by atoms with Gasteiger partial charge in [-0.15, -0.1) is 5.10 Å². The fraction of sp³-hybridized carbons (Fsp3) is 0.556. The van der Waals surface area contributed by atoms with Crippen LogP contribution in [0.5, 0.6) is 0 Å². The molecule has 0 bridgehead atoms. The monoisotopic (exact) mass is 211 g/mol. The molecule has 0 aromatic carbocycles. The average Bonchev–Trinajstić information content (AvgIpc) is 2.20. The first-order valence-corrected chi connectivity index (χ1v) is 4.92. The van der Waals surface area contributed by atoms with Gasteiger partial charge in [-0.05, 0) is 13.8 Å². The van der Waals surface area contributed by atoms with E-state index < -0.39 is 6.10 Å². The molecule has 0 saturated carbocycles. The van der Waals surface area contributed by atoms with Crippen LogP contribution >= 0.6 is 0 Å². The summed E-state index contributed by atoms with van der Waals surface area (Å²) in [4.78, 5) is 0. The maximum Gasteiger partial charge on any atom is 0.164 e. The molecule has 0 aliphatic carbocycles. The largest absolute Gasteiger partial charge is 0.393 e. The second kappa shape index (κ2) is 5.47. The van der Waals surface area contributed by atoms with Crippen molar-refractivity contribution >= 4 is 11.5 Å². The van der Waals surface area contributed by atoms with Crippen LogP contribution in [0.15, 0.2) is 6.07 Å². The van der Waals surface area contributed by atoms with Crippen molar-refractivity contribution in [3.05, 3.63) is 11.8 Å². The Labute approximate surface area is 88.9 Å². The standard InChI is InChI=1S/C9H17N5O/c1-3-11-7-5-9(12-10)14-13-8(7)4-6(2)15/h5-6,15H,3-4,10H2,1-2H3,(H2,11,12,14). The molecule has 0 saturated heterocycles. The maximum absolute atomic E-state index is 9.29. The van der Waals surface area contributed by atoms with Gasteiger partial charge in [0.25, 0.3) is 0 Å². The predicted molar refractivity (Wildman–Crippen MR) is 59.4 cm³/mol. The van der Waals surface area contributed by atoms with Crippen molar-refractivity contribution in [2.24, 2.45) is 5.84 Å². The molecule has 5 N–H and O–H groups in total. The molecule has 1 aromatic heterocycles. The number of nitrogens with zero attached hydrogens (tertiary/aromatic N) is 2. The lowest BCUT2D eigenvalue weighted by atomic mass is 10.2. The van der Waals surface area contributed by atoms with Gasteiger partial charge in [0.1, 0.15) is 0 Å². The number of aliphatic hydroxyl groups is 1. The molecule has 1 atom stereocenters. The van der Waals surface area contributed by atoms with E-state index in [0.29, 0.717) is 12.2 Å². The molecule has 1 heterocycles. The molecule has 0 aliphatic heterocycles. The molecule has 0 spiro atoms. The third-order valence-corrected chi connectivity index (χ3v) is 1.87. The minimum Gasteiger partial charge on any atom is -0.393 e. The average molecular weight is 211 g/mol. The molecule has 15 heavy (non-hydrogen) atoms. The van der Waals surface area contributed by atoms with E-state index >= 15 is 0 Å². The Morgan fingerprint density at radius 3 is 2.80 bits per heavy atom. The quantitative estimate of drug-likeness (QED) is 0.408. The van der Waals surface area contributed by atoms with Crippen molar-refractivity contribution in [2.75, 3.05) is 17.3 Å². The van der Waals surface area contributed by atoms with Crippen LogP contribution in [-0.2, 0) is 6.42 Å². The van der Waals surface area contributed by atoms with Gasteiger partial charge in [-0.25, -0.2) is 5.84 Å². The number of hydrogen-bond acceptors (Lipinski definition) is 6. The van der Waals surface area contributed by atoms with Crippen LogP contribution in [0.4, 0.5) is 11.5 Å². The summed E-state index contributed by atoms with van der Waals surface area (Å²) in [6.07, 6.45) is 0.0357. The highest BCUT2D eigenvalue weighted by atomic mass is 16.3. The Hall–Kier alpha value is -1.40. The number of nitrogens with one attached hydrogen (secondary N) is 2. The molecule has 0 fully saturated rings. The lowest BCUT2D eigenvalue weighted by molar-refractivity contribution is 0.194. The maximum atomic E-state index is 9.29. The normalized spacial score (nSPS) is 12.3. The van der Waals surface area contributed by atoms with Crippen LogP contribution in [0.1, 0.15) is 19.5 Å². The summed E-state index contributed by atoms with van der Waals surface area (Å²) in [6.45, 7) is 4.48. The topological polar surface area (TPSA) is 96.1 Å². The number of anilines is 2. The summed E-state index contributed by atoms with van der Waals surface area (Å²) in [5.41, 5.74) is 4.02. The Balaban J connectivity index is 2.92. The van der Waals surface area contributed by atoms with Crippen molar-refractivity contribution in [1.29, 1.82) is 0 Å². The number of nitrogen functional groups attached to an aromatic ring is 1. The van der Waals surface area contributed by atoms with E-state index in [1.54, 1.807) is 13.0 Å². The predicted octanol–water partition coefficient (Wildman–Crippen LogP) is 0.117. The molecule has 6 nitrogen and oxygen atoms in total. The Morgan fingerprint density at radius 2 is 2.27 bits per heavy atom. The van der Waals surface area contributed by atoms with Crippen LogP contribution in [0.3, 0.4) is 0 Å². The third kappa shape index (κ3) is 3.34. The van der Waals surface area contributed by atoms with E-state index in [4.69, 9.17) is 5.84 Å². The number of rotatable bonds is 5. The summed E-state index contributed by atoms with van der Waals surface area (Å²) >= 11 is 0. The highest BCUT2D eigenvalue weighted by Gasteiger charge is 2.08. The lowest BCUT2D eigenvalue weighted by Crippen LogP contribution is -2.14. The zero-order chi connectivity index (χ0) is 11.3. The highest BCUT2D eigenvalue weighted by Crippen LogP contribution is 2.16. The van der Waals surface area contributed by atoms with Crippen LogP contribution in [0.25, 0.3) is 0 Å². The summed E-state index contributed by atoms with van der Waals surface area (Å²) in [7, 11) is 0. The smallest absolute Gasteiger partial charge is 0.164 e. The van der Waals surface area contributed by atoms with Crippen molar-refractivity contribution in [3.8, 4) is 0 Å². The van der Waals surface area contributed by atoms with Gasteiger partial charge >= 0.3 is 0 Å². The molecule has 1 unspecified atom stereocenters. The minimum atomic E-state index is -0.437. The molecule has 0 amide bonds. The zero-order valence-electron chi connectivity index (χ0n) is 8.99.